The van der Waals surface area contributed by atoms with E-state index >= 15 is 0 Å². The first-order chi connectivity index (χ1) is 13.6. The fourth-order valence-corrected chi connectivity index (χ4v) is 3.77. The van der Waals surface area contributed by atoms with Crippen molar-refractivity contribution in [3.63, 3.8) is 0 Å². The zero-order chi connectivity index (χ0) is 19.9. The molecule has 3 rings (SSSR count). The predicted octanol–water partition coefficient (Wildman–Crippen LogP) is 4.20. The fraction of sp³-hybridized carbons (Fsp3) is 0.391. The number of likely N-dealkylation sites (tertiary alicyclic amines) is 1. The summed E-state index contributed by atoms with van der Waals surface area (Å²) in [4.78, 5) is 27.3. The van der Waals surface area contributed by atoms with E-state index in [1.807, 2.05) is 4.90 Å². The maximum atomic E-state index is 13.7. The van der Waals surface area contributed by atoms with Crippen LogP contribution >= 0.6 is 0 Å². The van der Waals surface area contributed by atoms with Crippen LogP contribution in [0.2, 0.25) is 0 Å². The number of amides is 2. The lowest BCUT2D eigenvalue weighted by Crippen LogP contribution is -2.43. The second-order valence-corrected chi connectivity index (χ2v) is 7.23. The van der Waals surface area contributed by atoms with Crippen LogP contribution in [0.15, 0.2) is 48.5 Å². The normalized spacial score (nSPS) is 16.6. The van der Waals surface area contributed by atoms with Gasteiger partial charge in [0, 0.05) is 30.3 Å². The van der Waals surface area contributed by atoms with Crippen molar-refractivity contribution in [1.29, 1.82) is 0 Å². The van der Waals surface area contributed by atoms with Crippen LogP contribution in [-0.2, 0) is 6.42 Å². The molecule has 2 aromatic carbocycles. The zero-order valence-electron chi connectivity index (χ0n) is 16.3. The van der Waals surface area contributed by atoms with Gasteiger partial charge in [0.05, 0.1) is 0 Å². The Bertz CT molecular complexity index is 837. The van der Waals surface area contributed by atoms with Crippen LogP contribution in [0.3, 0.4) is 0 Å². The van der Waals surface area contributed by atoms with Crippen LogP contribution in [0.1, 0.15) is 58.9 Å². The summed E-state index contributed by atoms with van der Waals surface area (Å²) in [6.07, 6.45) is 4.59. The molecule has 0 bridgehead atoms. The Morgan fingerprint density at radius 1 is 1.11 bits per heavy atom. The third-order valence-electron chi connectivity index (χ3n) is 5.37. The largest absolute Gasteiger partial charge is 0.352 e. The number of carbonyl (C=O) groups is 2. The van der Waals surface area contributed by atoms with Crippen molar-refractivity contribution >= 4 is 11.8 Å². The maximum Gasteiger partial charge on any atom is 0.254 e. The average Bonchev–Trinajstić information content (AvgIpc) is 2.74. The Balaban J connectivity index is 1.62. The lowest BCUT2D eigenvalue weighted by molar-refractivity contribution is 0.0608. The maximum absolute atomic E-state index is 13.7. The lowest BCUT2D eigenvalue weighted by Gasteiger charge is -2.35. The van der Waals surface area contributed by atoms with Crippen molar-refractivity contribution < 1.29 is 14.0 Å². The van der Waals surface area contributed by atoms with E-state index in [0.29, 0.717) is 29.7 Å². The molecule has 5 heteroatoms. The van der Waals surface area contributed by atoms with Gasteiger partial charge in [0.25, 0.3) is 11.8 Å². The van der Waals surface area contributed by atoms with Crippen LogP contribution in [0.5, 0.6) is 0 Å². The van der Waals surface area contributed by atoms with Crippen molar-refractivity contribution in [2.24, 2.45) is 0 Å². The molecular formula is C23H27FN2O2. The summed E-state index contributed by atoms with van der Waals surface area (Å²) < 4.78 is 13.7. The van der Waals surface area contributed by atoms with Crippen molar-refractivity contribution in [3.05, 3.63) is 71.0 Å². The smallest absolute Gasteiger partial charge is 0.254 e. The number of piperidine rings is 1. The van der Waals surface area contributed by atoms with Crippen LogP contribution in [0.25, 0.3) is 0 Å². The van der Waals surface area contributed by atoms with E-state index in [9.17, 15) is 14.0 Å². The van der Waals surface area contributed by atoms with Gasteiger partial charge in [0.1, 0.15) is 5.82 Å². The summed E-state index contributed by atoms with van der Waals surface area (Å²) in [5, 5.41) is 2.81. The molecule has 2 amide bonds. The second-order valence-electron chi connectivity index (χ2n) is 7.23. The van der Waals surface area contributed by atoms with Gasteiger partial charge in [-0.15, -0.1) is 0 Å². The Morgan fingerprint density at radius 2 is 1.89 bits per heavy atom. The van der Waals surface area contributed by atoms with Gasteiger partial charge in [0.15, 0.2) is 0 Å². The minimum atomic E-state index is -0.267. The molecule has 0 radical (unpaired) electrons. The van der Waals surface area contributed by atoms with Crippen LogP contribution < -0.4 is 5.32 Å². The zero-order valence-corrected chi connectivity index (χ0v) is 16.3. The van der Waals surface area contributed by atoms with Crippen molar-refractivity contribution in [2.75, 3.05) is 13.1 Å². The number of nitrogens with zero attached hydrogens (tertiary/aromatic N) is 1. The first-order valence-electron chi connectivity index (χ1n) is 10.0. The van der Waals surface area contributed by atoms with E-state index in [0.717, 1.165) is 32.2 Å². The van der Waals surface area contributed by atoms with Crippen LogP contribution in [-0.4, -0.2) is 35.8 Å². The number of halogens is 1. The van der Waals surface area contributed by atoms with Crippen molar-refractivity contribution in [2.45, 2.75) is 45.1 Å². The number of benzene rings is 2. The Kier molecular flexibility index (Phi) is 6.80. The van der Waals surface area contributed by atoms with Gasteiger partial charge in [-0.1, -0.05) is 31.2 Å². The highest BCUT2D eigenvalue weighted by Gasteiger charge is 2.26. The van der Waals surface area contributed by atoms with Gasteiger partial charge in [0.2, 0.25) is 0 Å². The van der Waals surface area contributed by atoms with Gasteiger partial charge in [-0.3, -0.25) is 9.59 Å². The minimum absolute atomic E-state index is 0.00689. The Labute approximate surface area is 165 Å². The van der Waals surface area contributed by atoms with E-state index in [-0.39, 0.29) is 23.7 Å². The van der Waals surface area contributed by atoms with Crippen molar-refractivity contribution in [1.82, 2.24) is 10.2 Å². The molecular weight excluding hydrogens is 355 g/mol. The molecule has 1 heterocycles. The quantitative estimate of drug-likeness (QED) is 0.814. The van der Waals surface area contributed by atoms with E-state index in [2.05, 4.69) is 12.2 Å². The third kappa shape index (κ3) is 4.77. The SMILES string of the molecule is CCC1CCCCN1C(=O)c1cccc(C(=O)NCCc2ccccc2F)c1. The van der Waals surface area contributed by atoms with E-state index in [1.165, 1.54) is 6.07 Å². The van der Waals surface area contributed by atoms with Gasteiger partial charge < -0.3 is 10.2 Å². The summed E-state index contributed by atoms with van der Waals surface area (Å²) in [6.45, 7) is 3.22. The molecule has 1 aliphatic heterocycles. The van der Waals surface area contributed by atoms with Crippen LogP contribution in [0.4, 0.5) is 4.39 Å². The number of hydrogen-bond donors (Lipinski definition) is 1. The molecule has 1 N–H and O–H groups in total. The number of hydrogen-bond acceptors (Lipinski definition) is 2. The summed E-state index contributed by atoms with van der Waals surface area (Å²) >= 11 is 0. The van der Waals surface area contributed by atoms with Crippen molar-refractivity contribution in [3.8, 4) is 0 Å². The molecule has 0 spiro atoms. The molecule has 1 atom stereocenters. The molecule has 1 fully saturated rings. The van der Waals surface area contributed by atoms with Gasteiger partial charge in [-0.25, -0.2) is 4.39 Å². The van der Waals surface area contributed by atoms with E-state index < -0.39 is 0 Å². The highest BCUT2D eigenvalue weighted by molar-refractivity contribution is 5.99. The second kappa shape index (κ2) is 9.49. The molecule has 0 aliphatic carbocycles. The van der Waals surface area contributed by atoms with E-state index in [4.69, 9.17) is 0 Å². The van der Waals surface area contributed by atoms with Gasteiger partial charge in [-0.2, -0.15) is 0 Å². The molecule has 1 saturated heterocycles. The number of carbonyl (C=O) groups excluding carboxylic acids is 2. The molecule has 0 saturated carbocycles. The van der Waals surface area contributed by atoms with E-state index in [1.54, 1.807) is 42.5 Å². The third-order valence-corrected chi connectivity index (χ3v) is 5.37. The molecule has 148 valence electrons. The van der Waals surface area contributed by atoms with Gasteiger partial charge >= 0.3 is 0 Å². The molecule has 0 aromatic heterocycles. The summed E-state index contributed by atoms with van der Waals surface area (Å²) in [6, 6.07) is 13.7. The fourth-order valence-electron chi connectivity index (χ4n) is 3.77. The highest BCUT2D eigenvalue weighted by atomic mass is 19.1. The molecule has 2 aromatic rings. The summed E-state index contributed by atoms with van der Waals surface area (Å²) in [5.74, 6) is -0.527. The first kappa shape index (κ1) is 20.1. The summed E-state index contributed by atoms with van der Waals surface area (Å²) in [7, 11) is 0. The Hall–Kier alpha value is -2.69. The first-order valence-corrected chi connectivity index (χ1v) is 10.0. The number of nitrogens with one attached hydrogen (secondary N) is 1. The summed E-state index contributed by atoms with van der Waals surface area (Å²) in [5.41, 5.74) is 1.56. The number of rotatable bonds is 6. The molecule has 1 aliphatic rings. The monoisotopic (exact) mass is 382 g/mol. The molecule has 1 unspecified atom stereocenters. The molecule has 28 heavy (non-hydrogen) atoms. The van der Waals surface area contributed by atoms with Gasteiger partial charge in [-0.05, 0) is 61.9 Å². The topological polar surface area (TPSA) is 49.4 Å². The van der Waals surface area contributed by atoms with Crippen LogP contribution in [0, 0.1) is 5.82 Å². The Morgan fingerprint density at radius 3 is 2.68 bits per heavy atom. The predicted molar refractivity (Wildman–Crippen MR) is 108 cm³/mol. The average molecular weight is 382 g/mol. The minimum Gasteiger partial charge on any atom is -0.352 e. The lowest BCUT2D eigenvalue weighted by atomic mass is 9.98. The highest BCUT2D eigenvalue weighted by Crippen LogP contribution is 2.22. The standard InChI is InChI=1S/C23H27FN2O2/c1-2-20-11-5-6-15-26(20)23(28)19-10-7-9-18(16-19)22(27)25-14-13-17-8-3-4-12-21(17)24/h3-4,7-10,12,16,20H,2,5-6,11,13-15H2,1H3,(H,25,27). The molecule has 4 nitrogen and oxygen atoms in total.